The maximum Gasteiger partial charge on any atom is 0.408 e. The first-order chi connectivity index (χ1) is 25.9. The summed E-state index contributed by atoms with van der Waals surface area (Å²) in [5.41, 5.74) is 6.02. The number of ether oxygens (including phenoxy) is 3. The number of nitrogens with zero attached hydrogens (tertiary/aromatic N) is 3. The molecular weight excluding hydrogens is 693 g/mol. The van der Waals surface area contributed by atoms with Crippen molar-refractivity contribution in [3.63, 3.8) is 0 Å². The van der Waals surface area contributed by atoms with E-state index in [1.54, 1.807) is 18.5 Å². The molecule has 2 fully saturated rings. The molecule has 0 radical (unpaired) electrons. The molecule has 2 aliphatic heterocycles. The van der Waals surface area contributed by atoms with Crippen LogP contribution in [0.15, 0.2) is 127 Å². The summed E-state index contributed by atoms with van der Waals surface area (Å²) in [5, 5.41) is 12.8. The van der Waals surface area contributed by atoms with Crippen LogP contribution in [0.5, 0.6) is 0 Å². The first kappa shape index (κ1) is 36.0. The highest BCUT2D eigenvalue weighted by atomic mass is 32.2. The van der Waals surface area contributed by atoms with Gasteiger partial charge < -0.3 is 24.6 Å². The monoisotopic (exact) mass is 730 g/mol. The van der Waals surface area contributed by atoms with Crippen molar-refractivity contribution in [3.8, 4) is 11.1 Å². The summed E-state index contributed by atoms with van der Waals surface area (Å²) in [6.07, 6.45) is 2.16. The smallest absolute Gasteiger partial charge is 0.408 e. The Bertz CT molecular complexity index is 2020. The van der Waals surface area contributed by atoms with Crippen molar-refractivity contribution in [2.45, 2.75) is 62.3 Å². The van der Waals surface area contributed by atoms with Crippen LogP contribution in [0.4, 0.5) is 4.79 Å². The summed E-state index contributed by atoms with van der Waals surface area (Å²) in [5.74, 6) is -0.206. The van der Waals surface area contributed by atoms with Crippen molar-refractivity contribution in [1.29, 1.82) is 0 Å². The average Bonchev–Trinajstić information content (AvgIpc) is 3.47. The number of hydrogen-bond acceptors (Lipinski definition) is 10. The number of aliphatic hydroxyl groups excluding tert-OH is 1. The minimum absolute atomic E-state index is 0.0300. The minimum atomic E-state index is -0.994. The van der Waals surface area contributed by atoms with Crippen molar-refractivity contribution in [1.82, 2.24) is 20.2 Å². The summed E-state index contributed by atoms with van der Waals surface area (Å²) in [6, 6.07) is 33.3. The van der Waals surface area contributed by atoms with Crippen LogP contribution in [0.25, 0.3) is 11.1 Å². The van der Waals surface area contributed by atoms with Crippen molar-refractivity contribution in [3.05, 3.63) is 149 Å². The molecule has 270 valence electrons. The molecule has 4 aromatic carbocycles. The molecule has 3 amide bonds. The number of nitrogens with one attached hydrogen (secondary N) is 1. The third-order valence-corrected chi connectivity index (χ3v) is 10.2. The topological polar surface area (TPSA) is 140 Å². The molecule has 0 aliphatic carbocycles. The molecule has 5 aromatic rings. The van der Waals surface area contributed by atoms with E-state index in [9.17, 15) is 19.5 Å². The normalized spacial score (nSPS) is 20.0. The summed E-state index contributed by atoms with van der Waals surface area (Å²) in [7, 11) is 0. The van der Waals surface area contributed by atoms with Crippen LogP contribution in [0.3, 0.4) is 0 Å². The molecule has 7 rings (SSSR count). The van der Waals surface area contributed by atoms with E-state index in [0.717, 1.165) is 38.9 Å². The number of imide groups is 1. The van der Waals surface area contributed by atoms with Crippen LogP contribution >= 0.6 is 11.8 Å². The van der Waals surface area contributed by atoms with Gasteiger partial charge in [0.2, 0.25) is 5.91 Å². The zero-order chi connectivity index (χ0) is 36.6. The maximum absolute atomic E-state index is 13.3. The van der Waals surface area contributed by atoms with Gasteiger partial charge in [0, 0.05) is 30.1 Å². The molecule has 0 spiro atoms. The van der Waals surface area contributed by atoms with Crippen molar-refractivity contribution >= 4 is 29.7 Å². The maximum atomic E-state index is 13.3. The van der Waals surface area contributed by atoms with Gasteiger partial charge in [-0.05, 0) is 39.4 Å². The third-order valence-electron chi connectivity index (χ3n) is 9.14. The number of alkyl carbamates (subject to hydrolysis) is 1. The number of carbonyl (C=O) groups excluding carboxylic acids is 3. The lowest BCUT2D eigenvalue weighted by Crippen LogP contribution is -2.41. The molecule has 3 heterocycles. The van der Waals surface area contributed by atoms with Gasteiger partial charge in [0.15, 0.2) is 11.4 Å². The second kappa shape index (κ2) is 17.0. The fraction of sp³-hybridized carbons (Fsp3) is 0.244. The van der Waals surface area contributed by atoms with Crippen LogP contribution < -0.4 is 5.32 Å². The molecule has 0 saturated carbocycles. The molecule has 1 unspecified atom stereocenters. The average molecular weight is 731 g/mol. The molecule has 53 heavy (non-hydrogen) atoms. The number of hydrogen-bond donors (Lipinski definition) is 2. The lowest BCUT2D eigenvalue weighted by molar-refractivity contribution is -0.245. The first-order valence-electron chi connectivity index (χ1n) is 17.3. The molecule has 11 nitrogen and oxygen atoms in total. The lowest BCUT2D eigenvalue weighted by atomic mass is 9.97. The molecule has 0 bridgehead atoms. The molecule has 1 aromatic heterocycles. The minimum Gasteiger partial charge on any atom is -0.445 e. The number of aliphatic hydroxyl groups is 1. The largest absolute Gasteiger partial charge is 0.445 e. The number of likely N-dealkylation sites (tertiary alicyclic amines) is 1. The van der Waals surface area contributed by atoms with Gasteiger partial charge in [-0.15, -0.1) is 0 Å². The van der Waals surface area contributed by atoms with Crippen molar-refractivity contribution < 1.29 is 33.7 Å². The fourth-order valence-corrected chi connectivity index (χ4v) is 7.17. The van der Waals surface area contributed by atoms with E-state index in [2.05, 4.69) is 15.3 Å². The van der Waals surface area contributed by atoms with Gasteiger partial charge in [-0.2, -0.15) is 0 Å². The van der Waals surface area contributed by atoms with E-state index in [0.29, 0.717) is 17.3 Å². The van der Waals surface area contributed by atoms with Gasteiger partial charge in [-0.25, -0.2) is 14.8 Å². The van der Waals surface area contributed by atoms with Crippen LogP contribution in [0.1, 0.15) is 53.1 Å². The van der Waals surface area contributed by atoms with Gasteiger partial charge >= 0.3 is 6.09 Å². The van der Waals surface area contributed by atoms with E-state index < -0.39 is 24.3 Å². The third kappa shape index (κ3) is 8.98. The second-order valence-corrected chi connectivity index (χ2v) is 13.7. The van der Waals surface area contributed by atoms with E-state index >= 15 is 0 Å². The van der Waals surface area contributed by atoms with E-state index in [1.807, 2.05) is 103 Å². The van der Waals surface area contributed by atoms with E-state index in [4.69, 9.17) is 14.2 Å². The number of rotatable bonds is 12. The van der Waals surface area contributed by atoms with Crippen molar-refractivity contribution in [2.24, 2.45) is 0 Å². The number of aromatic nitrogens is 2. The van der Waals surface area contributed by atoms with Crippen LogP contribution in [0.2, 0.25) is 0 Å². The number of amides is 3. The second-order valence-electron chi connectivity index (χ2n) is 12.8. The Morgan fingerprint density at radius 2 is 1.57 bits per heavy atom. The quantitative estimate of drug-likeness (QED) is 0.0828. The van der Waals surface area contributed by atoms with Crippen LogP contribution in [-0.2, 0) is 43.6 Å². The predicted molar refractivity (Wildman–Crippen MR) is 197 cm³/mol. The van der Waals surface area contributed by atoms with Crippen LogP contribution in [-0.4, -0.2) is 55.8 Å². The molecule has 12 heteroatoms. The Kier molecular flexibility index (Phi) is 11.5. The Morgan fingerprint density at radius 3 is 2.32 bits per heavy atom. The van der Waals surface area contributed by atoms with Gasteiger partial charge in [0.25, 0.3) is 5.91 Å². The zero-order valence-electron chi connectivity index (χ0n) is 28.7. The summed E-state index contributed by atoms with van der Waals surface area (Å²) < 4.78 is 18.3. The van der Waals surface area contributed by atoms with Gasteiger partial charge in [0.1, 0.15) is 12.6 Å². The van der Waals surface area contributed by atoms with Crippen LogP contribution in [0, 0.1) is 0 Å². The summed E-state index contributed by atoms with van der Waals surface area (Å²) in [6.45, 7) is 0.0835. The molecular formula is C41H38N4O7S. The van der Waals surface area contributed by atoms with E-state index in [1.165, 1.54) is 16.7 Å². The first-order valence-corrected chi connectivity index (χ1v) is 18.3. The standard InChI is InChI=1S/C41H38N4O7S/c46-24-27-11-13-30(14-12-27)36-21-33(26-53-40-42-19-6-20-43-40)51-39(52-36)31-17-15-29(16-18-31)34-10-5-4-9-32(34)23-45-37(47)22-35(38(45)48)44-41(49)50-25-28-7-2-1-3-8-28/h1-20,33,35-36,39,46H,21-26H2,(H,44,49)/t33-,35?,36+,39+/m1/s1. The molecule has 2 N–H and O–H groups in total. The Balaban J connectivity index is 1.03. The number of thioether (sulfide) groups is 1. The Morgan fingerprint density at radius 1 is 0.849 bits per heavy atom. The molecule has 2 aliphatic rings. The summed E-state index contributed by atoms with van der Waals surface area (Å²) >= 11 is 1.53. The highest BCUT2D eigenvalue weighted by Gasteiger charge is 2.40. The Labute approximate surface area is 311 Å². The van der Waals surface area contributed by atoms with Gasteiger partial charge in [0.05, 0.1) is 31.8 Å². The number of carbonyl (C=O) groups is 3. The zero-order valence-corrected chi connectivity index (χ0v) is 29.6. The highest BCUT2D eigenvalue weighted by molar-refractivity contribution is 7.99. The SMILES string of the molecule is O=C(NC1CC(=O)N(Cc2ccccc2-c2ccc([C@H]3O[C@@H](CSc4ncccn4)C[C@@H](c4ccc(CO)cc4)O3)cc2)C1=O)OCc1ccccc1. The summed E-state index contributed by atoms with van der Waals surface area (Å²) in [4.78, 5) is 48.6. The highest BCUT2D eigenvalue weighted by Crippen LogP contribution is 2.40. The Hall–Kier alpha value is -5.40. The van der Waals surface area contributed by atoms with E-state index in [-0.39, 0.29) is 44.3 Å². The predicted octanol–water partition coefficient (Wildman–Crippen LogP) is 6.53. The van der Waals surface area contributed by atoms with Crippen molar-refractivity contribution in [2.75, 3.05) is 5.75 Å². The van der Waals surface area contributed by atoms with Gasteiger partial charge in [-0.3, -0.25) is 14.5 Å². The lowest BCUT2D eigenvalue weighted by Gasteiger charge is -2.36. The molecule has 2 saturated heterocycles. The number of benzene rings is 4. The van der Waals surface area contributed by atoms with Gasteiger partial charge in [-0.1, -0.05) is 115 Å². The molecule has 4 atom stereocenters. The fourth-order valence-electron chi connectivity index (χ4n) is 6.35.